The number of hydrogen-bond donors (Lipinski definition) is 2. The van der Waals surface area contributed by atoms with Crippen LogP contribution in [0, 0.1) is 0 Å². The molecule has 0 aliphatic rings. The van der Waals surface area contributed by atoms with Crippen molar-refractivity contribution in [2.45, 2.75) is 0 Å². The number of hydrogen-bond acceptors (Lipinski definition) is 3. The molecule has 1 aromatic rings. The molecule has 0 amide bonds. The molecule has 0 bridgehead atoms. The topological polar surface area (TPSA) is 89.4 Å². The van der Waals surface area contributed by atoms with E-state index in [1.54, 1.807) is 24.3 Å². The first-order valence-electron chi connectivity index (χ1n) is 3.28. The zero-order valence-corrected chi connectivity index (χ0v) is 7.74. The summed E-state index contributed by atoms with van der Waals surface area (Å²) >= 11 is 0. The van der Waals surface area contributed by atoms with Crippen molar-refractivity contribution >= 4 is 45.8 Å². The summed E-state index contributed by atoms with van der Waals surface area (Å²) < 4.78 is 28.9. The molecule has 0 aromatic heterocycles. The van der Waals surface area contributed by atoms with Crippen molar-refractivity contribution < 1.29 is 13.0 Å². The quantitative estimate of drug-likeness (QED) is 0.581. The first-order valence-corrected chi connectivity index (χ1v) is 4.79. The molecule has 4 N–H and O–H groups in total. The molecule has 0 aliphatic carbocycles. The van der Waals surface area contributed by atoms with Gasteiger partial charge in [-0.05, 0) is 11.6 Å². The fourth-order valence-electron chi connectivity index (χ4n) is 0.729. The average molecular weight is 225 g/mol. The minimum absolute atomic E-state index is 0. The van der Waals surface area contributed by atoms with Crippen LogP contribution in [0.3, 0.4) is 0 Å². The molecule has 0 radical (unpaired) electrons. The van der Waals surface area contributed by atoms with Crippen LogP contribution in [0.2, 0.25) is 0 Å². The van der Waals surface area contributed by atoms with Crippen LogP contribution in [0.15, 0.2) is 35.7 Å². The van der Waals surface area contributed by atoms with E-state index < -0.39 is 10.1 Å². The molecule has 4 nitrogen and oxygen atoms in total. The van der Waals surface area contributed by atoms with Gasteiger partial charge in [-0.3, -0.25) is 4.55 Å². The van der Waals surface area contributed by atoms with Crippen molar-refractivity contribution in [3.05, 3.63) is 41.3 Å². The predicted octanol–water partition coefficient (Wildman–Crippen LogP) is 1.06. The summed E-state index contributed by atoms with van der Waals surface area (Å²) in [5, 5.41) is 0.752. The Morgan fingerprint density at radius 1 is 1.14 bits per heavy atom. The molecule has 0 saturated heterocycles. The van der Waals surface area contributed by atoms with E-state index in [0.29, 0.717) is 0 Å². The number of rotatable bonds is 2. The molecule has 0 saturated carbocycles. The third-order valence-corrected chi connectivity index (χ3v) is 1.71. The maximum atomic E-state index is 10.3. The van der Waals surface area contributed by atoms with Crippen molar-refractivity contribution in [2.24, 2.45) is 0 Å². The second-order valence-electron chi connectivity index (χ2n) is 2.23. The van der Waals surface area contributed by atoms with Gasteiger partial charge in [-0.25, -0.2) is 0 Å². The molecule has 0 atom stereocenters. The van der Waals surface area contributed by atoms with E-state index in [4.69, 9.17) is 4.55 Å². The van der Waals surface area contributed by atoms with Crippen LogP contribution in [0.5, 0.6) is 0 Å². The Labute approximate surface area is 106 Å². The first-order chi connectivity index (χ1) is 5.58. The van der Waals surface area contributed by atoms with Gasteiger partial charge in [-0.15, -0.1) is 0 Å². The van der Waals surface area contributed by atoms with Gasteiger partial charge >= 0.3 is 29.6 Å². The summed E-state index contributed by atoms with van der Waals surface area (Å²) in [7, 11) is -4.00. The maximum absolute atomic E-state index is 10.3. The van der Waals surface area contributed by atoms with Gasteiger partial charge in [0.1, 0.15) is 0 Å². The summed E-state index contributed by atoms with van der Waals surface area (Å²) in [4.78, 5) is 0. The Morgan fingerprint density at radius 2 is 1.64 bits per heavy atom. The van der Waals surface area contributed by atoms with Crippen molar-refractivity contribution in [1.29, 1.82) is 0 Å². The Bertz CT molecular complexity index is 375. The second-order valence-corrected chi connectivity index (χ2v) is 3.53. The Hall–Kier alpha value is -0.170. The third-order valence-electron chi connectivity index (χ3n) is 1.23. The van der Waals surface area contributed by atoms with Crippen LogP contribution in [-0.2, 0) is 10.1 Å². The van der Waals surface area contributed by atoms with Crippen LogP contribution in [0.25, 0.3) is 6.08 Å². The van der Waals surface area contributed by atoms with Gasteiger partial charge in [0.05, 0.1) is 5.41 Å². The molecule has 0 fully saturated rings. The van der Waals surface area contributed by atoms with Crippen LogP contribution < -0.4 is 6.15 Å². The summed E-state index contributed by atoms with van der Waals surface area (Å²) in [5.74, 6) is 0. The van der Waals surface area contributed by atoms with Gasteiger partial charge in [0, 0.05) is 0 Å². The molecule has 6 heteroatoms. The fraction of sp³-hybridized carbons (Fsp3) is 0. The number of benzene rings is 1. The predicted molar refractivity (Wildman–Crippen MR) is 59.2 cm³/mol. The molecule has 74 valence electrons. The van der Waals surface area contributed by atoms with E-state index in [0.717, 1.165) is 11.0 Å². The van der Waals surface area contributed by atoms with Gasteiger partial charge < -0.3 is 6.15 Å². The molecule has 0 aliphatic heterocycles. The third kappa shape index (κ3) is 7.25. The van der Waals surface area contributed by atoms with Crippen LogP contribution in [0.4, 0.5) is 0 Å². The normalized spacial score (nSPS) is 10.4. The van der Waals surface area contributed by atoms with Crippen molar-refractivity contribution in [1.82, 2.24) is 6.15 Å². The van der Waals surface area contributed by atoms with Crippen molar-refractivity contribution in [2.75, 3.05) is 0 Å². The average Bonchev–Trinajstić information content (AvgIpc) is 2.02. The first kappa shape index (κ1) is 16.3. The van der Waals surface area contributed by atoms with Gasteiger partial charge in [-0.1, -0.05) is 30.3 Å². The summed E-state index contributed by atoms with van der Waals surface area (Å²) in [6, 6.07) is 8.86. The molecule has 1 aromatic carbocycles. The molecule has 0 spiro atoms. The monoisotopic (exact) mass is 225 g/mol. The van der Waals surface area contributed by atoms with Crippen LogP contribution in [-0.4, -0.2) is 42.5 Å². The van der Waals surface area contributed by atoms with E-state index >= 15 is 0 Å². The molecular weight excluding hydrogens is 213 g/mol. The summed E-state index contributed by atoms with van der Waals surface area (Å²) in [6.45, 7) is 0. The standard InChI is InChI=1S/C8H8O3S.H3N.Na.H/c9-12(10,11)7-6-8-4-2-1-3-5-8;;;/h1-7H,(H,9,10,11);1H3;;. The van der Waals surface area contributed by atoms with Crippen LogP contribution in [0.1, 0.15) is 5.56 Å². The zero-order valence-electron chi connectivity index (χ0n) is 6.92. The van der Waals surface area contributed by atoms with E-state index in [1.807, 2.05) is 6.07 Å². The second kappa shape index (κ2) is 7.17. The van der Waals surface area contributed by atoms with Gasteiger partial charge in [-0.2, -0.15) is 8.42 Å². The molecule has 14 heavy (non-hydrogen) atoms. The Kier molecular flexibility index (Phi) is 8.33. The Balaban J connectivity index is 0. The molecule has 0 heterocycles. The zero-order chi connectivity index (χ0) is 9.03. The van der Waals surface area contributed by atoms with Gasteiger partial charge in [0.2, 0.25) is 0 Å². The van der Waals surface area contributed by atoms with E-state index in [2.05, 4.69) is 0 Å². The Morgan fingerprint density at radius 3 is 2.07 bits per heavy atom. The van der Waals surface area contributed by atoms with E-state index in [1.165, 1.54) is 6.08 Å². The molecule has 0 unspecified atom stereocenters. The van der Waals surface area contributed by atoms with E-state index in [-0.39, 0.29) is 35.7 Å². The fourth-order valence-corrected chi connectivity index (χ4v) is 1.06. The van der Waals surface area contributed by atoms with Crippen molar-refractivity contribution in [3.8, 4) is 0 Å². The SMILES string of the molecule is N.O=S(=O)(O)C=Cc1ccccc1.[NaH]. The summed E-state index contributed by atoms with van der Waals surface area (Å²) in [5.41, 5.74) is 0.732. The van der Waals surface area contributed by atoms with Gasteiger partial charge in [0.15, 0.2) is 0 Å². The van der Waals surface area contributed by atoms with Crippen LogP contribution >= 0.6 is 0 Å². The van der Waals surface area contributed by atoms with Crippen molar-refractivity contribution in [3.63, 3.8) is 0 Å². The summed E-state index contributed by atoms with van der Waals surface area (Å²) in [6.07, 6.45) is 1.33. The van der Waals surface area contributed by atoms with E-state index in [9.17, 15) is 8.42 Å². The molecular formula is C8H12NNaO3S. The minimum atomic E-state index is -4.00. The van der Waals surface area contributed by atoms with Gasteiger partial charge in [0.25, 0.3) is 10.1 Å². The molecule has 1 rings (SSSR count).